The van der Waals surface area contributed by atoms with Crippen molar-refractivity contribution in [2.45, 2.75) is 5.75 Å². The highest BCUT2D eigenvalue weighted by atomic mass is 79.9. The Kier molecular flexibility index (Phi) is 3.65. The number of halogens is 1. The van der Waals surface area contributed by atoms with E-state index in [9.17, 15) is 8.42 Å². The topological polar surface area (TPSA) is 47.0 Å². The highest BCUT2D eigenvalue weighted by molar-refractivity contribution is 9.10. The number of thiazole rings is 1. The standard InChI is InChI=1S/C11H10BrNO2S2/c1-17(14,15)7-11-13-10(6-16-11)8-2-4-9(12)5-3-8/h2-6H,7H2,1H3. The first-order valence-corrected chi connectivity index (χ1v) is 8.55. The lowest BCUT2D eigenvalue weighted by molar-refractivity contribution is 0.601. The van der Waals surface area contributed by atoms with Gasteiger partial charge in [-0.15, -0.1) is 11.3 Å². The second kappa shape index (κ2) is 4.88. The highest BCUT2D eigenvalue weighted by Gasteiger charge is 2.09. The summed E-state index contributed by atoms with van der Waals surface area (Å²) in [6.07, 6.45) is 1.22. The molecule has 0 aliphatic carbocycles. The fraction of sp³-hybridized carbons (Fsp3) is 0.182. The van der Waals surface area contributed by atoms with E-state index in [2.05, 4.69) is 20.9 Å². The normalized spacial score (nSPS) is 11.6. The highest BCUT2D eigenvalue weighted by Crippen LogP contribution is 2.24. The molecule has 0 aliphatic rings. The Morgan fingerprint density at radius 3 is 2.53 bits per heavy atom. The number of benzene rings is 1. The van der Waals surface area contributed by atoms with Crippen molar-refractivity contribution in [2.24, 2.45) is 0 Å². The molecule has 17 heavy (non-hydrogen) atoms. The van der Waals surface area contributed by atoms with Crippen LogP contribution in [0.3, 0.4) is 0 Å². The summed E-state index contributed by atoms with van der Waals surface area (Å²) in [5, 5.41) is 2.51. The molecule has 0 aliphatic heterocycles. The summed E-state index contributed by atoms with van der Waals surface area (Å²) in [5.74, 6) is 0.00813. The van der Waals surface area contributed by atoms with Crippen molar-refractivity contribution < 1.29 is 8.42 Å². The van der Waals surface area contributed by atoms with Crippen LogP contribution < -0.4 is 0 Å². The zero-order valence-corrected chi connectivity index (χ0v) is 12.3. The Balaban J connectivity index is 2.27. The fourth-order valence-electron chi connectivity index (χ4n) is 1.35. The van der Waals surface area contributed by atoms with Crippen molar-refractivity contribution in [3.05, 3.63) is 39.1 Å². The van der Waals surface area contributed by atoms with Crippen molar-refractivity contribution in [1.29, 1.82) is 0 Å². The van der Waals surface area contributed by atoms with Gasteiger partial charge in [-0.2, -0.15) is 0 Å². The summed E-state index contributed by atoms with van der Waals surface area (Å²) in [7, 11) is -3.01. The Bertz CT molecular complexity index is 617. The summed E-state index contributed by atoms with van der Waals surface area (Å²) < 4.78 is 23.3. The van der Waals surface area contributed by atoms with Crippen LogP contribution in [0.2, 0.25) is 0 Å². The van der Waals surface area contributed by atoms with Gasteiger partial charge in [0.15, 0.2) is 9.84 Å². The summed E-state index contributed by atoms with van der Waals surface area (Å²) in [4.78, 5) is 4.32. The van der Waals surface area contributed by atoms with Crippen LogP contribution >= 0.6 is 27.3 Å². The third-order valence-corrected chi connectivity index (χ3v) is 4.44. The number of rotatable bonds is 3. The lowest BCUT2D eigenvalue weighted by Gasteiger charge is -1.96. The Morgan fingerprint density at radius 1 is 1.29 bits per heavy atom. The Morgan fingerprint density at radius 2 is 1.94 bits per heavy atom. The van der Waals surface area contributed by atoms with Gasteiger partial charge in [0.25, 0.3) is 0 Å². The van der Waals surface area contributed by atoms with E-state index in [1.807, 2.05) is 29.6 Å². The number of hydrogen-bond donors (Lipinski definition) is 0. The van der Waals surface area contributed by atoms with Crippen molar-refractivity contribution >= 4 is 37.1 Å². The molecule has 2 rings (SSSR count). The first-order chi connectivity index (χ1) is 7.94. The molecule has 1 aromatic heterocycles. The first kappa shape index (κ1) is 12.7. The van der Waals surface area contributed by atoms with Gasteiger partial charge < -0.3 is 0 Å². The van der Waals surface area contributed by atoms with Gasteiger partial charge in [0.1, 0.15) is 10.8 Å². The molecule has 0 N–H and O–H groups in total. The molecule has 0 bridgehead atoms. The molecular weight excluding hydrogens is 322 g/mol. The van der Waals surface area contributed by atoms with Gasteiger partial charge >= 0.3 is 0 Å². The van der Waals surface area contributed by atoms with Crippen LogP contribution in [-0.2, 0) is 15.6 Å². The minimum absolute atomic E-state index is 0.00813. The molecule has 0 spiro atoms. The maximum Gasteiger partial charge on any atom is 0.153 e. The zero-order valence-electron chi connectivity index (χ0n) is 9.05. The average Bonchev–Trinajstić information content (AvgIpc) is 2.64. The number of sulfone groups is 1. The van der Waals surface area contributed by atoms with E-state index in [1.54, 1.807) is 0 Å². The molecular formula is C11H10BrNO2S2. The second-order valence-corrected chi connectivity index (χ2v) is 7.70. The predicted molar refractivity (Wildman–Crippen MR) is 73.8 cm³/mol. The molecule has 1 aromatic carbocycles. The average molecular weight is 332 g/mol. The second-order valence-electron chi connectivity index (χ2n) is 3.70. The van der Waals surface area contributed by atoms with Crippen molar-refractivity contribution in [1.82, 2.24) is 4.98 Å². The molecule has 0 amide bonds. The van der Waals surface area contributed by atoms with E-state index in [0.29, 0.717) is 5.01 Å². The van der Waals surface area contributed by atoms with Crippen molar-refractivity contribution in [3.63, 3.8) is 0 Å². The molecule has 0 saturated carbocycles. The molecule has 2 aromatic rings. The molecule has 1 heterocycles. The van der Waals surface area contributed by atoms with E-state index in [4.69, 9.17) is 0 Å². The summed E-state index contributed by atoms with van der Waals surface area (Å²) >= 11 is 4.74. The molecule has 0 unspecified atom stereocenters. The zero-order chi connectivity index (χ0) is 12.5. The SMILES string of the molecule is CS(=O)(=O)Cc1nc(-c2ccc(Br)cc2)cs1. The van der Waals surface area contributed by atoms with Gasteiger partial charge in [-0.3, -0.25) is 0 Å². The third-order valence-electron chi connectivity index (χ3n) is 2.08. The number of hydrogen-bond acceptors (Lipinski definition) is 4. The van der Waals surface area contributed by atoms with Crippen LogP contribution in [0.15, 0.2) is 34.1 Å². The first-order valence-electron chi connectivity index (χ1n) is 4.82. The third kappa shape index (κ3) is 3.62. The smallest absolute Gasteiger partial charge is 0.153 e. The maximum absolute atomic E-state index is 11.2. The van der Waals surface area contributed by atoms with Crippen LogP contribution in [0.1, 0.15) is 5.01 Å². The van der Waals surface area contributed by atoms with E-state index >= 15 is 0 Å². The van der Waals surface area contributed by atoms with Crippen LogP contribution in [0, 0.1) is 0 Å². The molecule has 0 fully saturated rings. The monoisotopic (exact) mass is 331 g/mol. The van der Waals surface area contributed by atoms with E-state index in [0.717, 1.165) is 15.7 Å². The van der Waals surface area contributed by atoms with Gasteiger partial charge in [0.2, 0.25) is 0 Å². The maximum atomic E-state index is 11.2. The van der Waals surface area contributed by atoms with Crippen molar-refractivity contribution in [3.8, 4) is 11.3 Å². The fourth-order valence-corrected chi connectivity index (χ4v) is 3.63. The van der Waals surface area contributed by atoms with Gasteiger partial charge in [0.05, 0.1) is 5.69 Å². The van der Waals surface area contributed by atoms with Crippen LogP contribution in [0.5, 0.6) is 0 Å². The molecule has 90 valence electrons. The van der Waals surface area contributed by atoms with E-state index in [-0.39, 0.29) is 5.75 Å². The summed E-state index contributed by atoms with van der Waals surface area (Å²) in [6.45, 7) is 0. The van der Waals surface area contributed by atoms with E-state index < -0.39 is 9.84 Å². The quantitative estimate of drug-likeness (QED) is 0.868. The van der Waals surface area contributed by atoms with Gasteiger partial charge in [-0.05, 0) is 12.1 Å². The van der Waals surface area contributed by atoms with Crippen LogP contribution in [-0.4, -0.2) is 19.7 Å². The van der Waals surface area contributed by atoms with Gasteiger partial charge in [-0.1, -0.05) is 28.1 Å². The Labute approximate surface area is 113 Å². The summed E-state index contributed by atoms with van der Waals surface area (Å²) in [5.41, 5.74) is 1.81. The molecule has 3 nitrogen and oxygen atoms in total. The number of nitrogens with zero attached hydrogens (tertiary/aromatic N) is 1. The van der Waals surface area contributed by atoms with Crippen LogP contribution in [0.25, 0.3) is 11.3 Å². The largest absolute Gasteiger partial charge is 0.240 e. The predicted octanol–water partition coefficient (Wildman–Crippen LogP) is 3.12. The van der Waals surface area contributed by atoms with Crippen molar-refractivity contribution in [2.75, 3.05) is 6.26 Å². The van der Waals surface area contributed by atoms with Crippen LogP contribution in [0.4, 0.5) is 0 Å². The molecule has 0 saturated heterocycles. The molecule has 0 radical (unpaired) electrons. The minimum Gasteiger partial charge on any atom is -0.240 e. The molecule has 0 atom stereocenters. The van der Waals surface area contributed by atoms with Gasteiger partial charge in [0, 0.05) is 21.7 Å². The Hall–Kier alpha value is -0.720. The number of aromatic nitrogens is 1. The lowest BCUT2D eigenvalue weighted by Crippen LogP contribution is -1.99. The van der Waals surface area contributed by atoms with Gasteiger partial charge in [-0.25, -0.2) is 13.4 Å². The molecule has 6 heteroatoms. The lowest BCUT2D eigenvalue weighted by atomic mass is 10.2. The summed E-state index contributed by atoms with van der Waals surface area (Å²) in [6, 6.07) is 7.77. The van der Waals surface area contributed by atoms with E-state index in [1.165, 1.54) is 17.6 Å². The minimum atomic E-state index is -3.01.